The lowest BCUT2D eigenvalue weighted by Gasteiger charge is -2.39. The number of fused-ring (bicyclic) bond motifs is 1. The molecule has 0 bridgehead atoms. The van der Waals surface area contributed by atoms with Crippen molar-refractivity contribution in [3.05, 3.63) is 82.0 Å². The summed E-state index contributed by atoms with van der Waals surface area (Å²) in [7, 11) is 0. The number of benzene rings is 2. The van der Waals surface area contributed by atoms with Crippen LogP contribution in [0.5, 0.6) is 0 Å². The van der Waals surface area contributed by atoms with E-state index in [1.807, 2.05) is 43.0 Å². The molecule has 4 heterocycles. The predicted molar refractivity (Wildman–Crippen MR) is 203 cm³/mol. The summed E-state index contributed by atoms with van der Waals surface area (Å²) in [5.74, 6) is -0.278. The van der Waals surface area contributed by atoms with Crippen molar-refractivity contribution in [1.82, 2.24) is 19.7 Å². The zero-order valence-electron chi connectivity index (χ0n) is 31.2. The van der Waals surface area contributed by atoms with Gasteiger partial charge in [-0.25, -0.2) is 19.4 Å². The number of piperazine rings is 1. The highest BCUT2D eigenvalue weighted by Crippen LogP contribution is 2.38. The SMILES string of the molecule is CC(C)COC(=O)c1ccc(N2CCN(C(=O)[C@@H](Cc3cc(Cl)c(N)c(C(F)(F)F)c3)OC(=O)N3CCC(N4CCc5ccccc5NC4=O)CC3)CC2)nc1. The van der Waals surface area contributed by atoms with E-state index in [0.717, 1.165) is 17.3 Å². The lowest BCUT2D eigenvalue weighted by Crippen LogP contribution is -2.54. The fraction of sp³-hybridized carbons (Fsp3) is 0.462. The zero-order chi connectivity index (χ0) is 40.1. The lowest BCUT2D eigenvalue weighted by atomic mass is 10.0. The molecule has 4 amide bonds. The Morgan fingerprint density at radius 2 is 1.70 bits per heavy atom. The zero-order valence-corrected chi connectivity index (χ0v) is 31.9. The van der Waals surface area contributed by atoms with Crippen LogP contribution in [-0.4, -0.2) is 108 Å². The van der Waals surface area contributed by atoms with Crippen LogP contribution >= 0.6 is 11.6 Å². The minimum atomic E-state index is -4.81. The number of carbonyl (C=O) groups excluding carboxylic acids is 4. The second-order valence-corrected chi connectivity index (χ2v) is 15.0. The van der Waals surface area contributed by atoms with Crippen molar-refractivity contribution in [1.29, 1.82) is 0 Å². The van der Waals surface area contributed by atoms with Crippen molar-refractivity contribution in [2.24, 2.45) is 5.92 Å². The number of nitrogen functional groups attached to an aromatic ring is 1. The normalized spacial score (nSPS) is 17.2. The maximum atomic E-state index is 14.1. The number of esters is 1. The van der Waals surface area contributed by atoms with Gasteiger partial charge in [0, 0.05) is 70.2 Å². The van der Waals surface area contributed by atoms with Gasteiger partial charge in [0.25, 0.3) is 5.91 Å². The number of carbonyl (C=O) groups is 4. The molecule has 3 N–H and O–H groups in total. The molecule has 2 aromatic carbocycles. The number of halogens is 4. The lowest BCUT2D eigenvalue weighted by molar-refractivity contribution is -0.141. The number of pyridine rings is 1. The highest BCUT2D eigenvalue weighted by molar-refractivity contribution is 6.33. The number of para-hydroxylation sites is 1. The molecule has 0 radical (unpaired) electrons. The second-order valence-electron chi connectivity index (χ2n) is 14.6. The van der Waals surface area contributed by atoms with Gasteiger partial charge < -0.3 is 40.1 Å². The van der Waals surface area contributed by atoms with Crippen molar-refractivity contribution in [3.8, 4) is 0 Å². The summed E-state index contributed by atoms with van der Waals surface area (Å²) < 4.78 is 52.7. The first-order chi connectivity index (χ1) is 26.7. The Labute approximate surface area is 327 Å². The van der Waals surface area contributed by atoms with Crippen molar-refractivity contribution < 1.29 is 41.8 Å². The maximum Gasteiger partial charge on any atom is 0.418 e. The van der Waals surface area contributed by atoms with E-state index in [-0.39, 0.29) is 67.8 Å². The van der Waals surface area contributed by atoms with Crippen molar-refractivity contribution in [2.45, 2.75) is 57.9 Å². The van der Waals surface area contributed by atoms with Crippen LogP contribution in [-0.2, 0) is 33.3 Å². The standard InChI is InChI=1S/C39H45ClF3N7O6/c1-24(2)23-55-36(52)27-7-8-33(45-22-27)47-15-17-48(18-16-47)35(51)32(21-25-19-29(39(41,42)43)34(44)30(40)20-25)56-38(54)49-12-10-28(11-13-49)50-14-9-26-5-3-4-6-31(26)46-37(50)53/h3-8,19-20,22,24,28,32H,9-18,21,23,44H2,1-2H3,(H,46,53)/t32-/m1/s1. The van der Waals surface area contributed by atoms with Crippen LogP contribution in [0.15, 0.2) is 54.7 Å². The molecule has 1 atom stereocenters. The molecule has 0 spiro atoms. The molecule has 17 heteroatoms. The van der Waals surface area contributed by atoms with Crippen LogP contribution in [0.25, 0.3) is 0 Å². The van der Waals surface area contributed by atoms with Crippen molar-refractivity contribution >= 4 is 52.8 Å². The van der Waals surface area contributed by atoms with Gasteiger partial charge in [0.1, 0.15) is 5.82 Å². The number of urea groups is 1. The highest BCUT2D eigenvalue weighted by atomic mass is 35.5. The fourth-order valence-corrected chi connectivity index (χ4v) is 7.34. The molecule has 56 heavy (non-hydrogen) atoms. The number of nitrogens with two attached hydrogens (primary N) is 1. The average molecular weight is 800 g/mol. The predicted octanol–water partition coefficient (Wildman–Crippen LogP) is 6.10. The Bertz CT molecular complexity index is 1920. The van der Waals surface area contributed by atoms with Crippen LogP contribution in [0, 0.1) is 5.92 Å². The molecule has 13 nitrogen and oxygen atoms in total. The monoisotopic (exact) mass is 799 g/mol. The molecule has 0 saturated carbocycles. The number of aromatic nitrogens is 1. The van der Waals surface area contributed by atoms with Gasteiger partial charge in [-0.15, -0.1) is 0 Å². The van der Waals surface area contributed by atoms with Crippen LogP contribution in [0.3, 0.4) is 0 Å². The minimum Gasteiger partial charge on any atom is -0.462 e. The van der Waals surface area contributed by atoms with Crippen LogP contribution < -0.4 is 16.0 Å². The molecule has 3 aliphatic heterocycles. The van der Waals surface area contributed by atoms with Gasteiger partial charge in [0.15, 0.2) is 6.10 Å². The number of anilines is 3. The highest BCUT2D eigenvalue weighted by Gasteiger charge is 2.38. The third-order valence-corrected chi connectivity index (χ3v) is 10.5. The Morgan fingerprint density at radius 1 is 0.982 bits per heavy atom. The number of amides is 4. The number of hydrogen-bond donors (Lipinski definition) is 2. The molecule has 2 fully saturated rings. The molecule has 3 aromatic rings. The van der Waals surface area contributed by atoms with E-state index < -0.39 is 41.5 Å². The van der Waals surface area contributed by atoms with E-state index in [0.29, 0.717) is 50.3 Å². The first-order valence-electron chi connectivity index (χ1n) is 18.6. The second kappa shape index (κ2) is 17.3. The number of rotatable bonds is 9. The molecule has 0 unspecified atom stereocenters. The van der Waals surface area contributed by atoms with E-state index in [4.69, 9.17) is 26.8 Å². The summed E-state index contributed by atoms with van der Waals surface area (Å²) >= 11 is 6.11. The molecular formula is C39H45ClF3N7O6. The molecule has 2 saturated heterocycles. The van der Waals surface area contributed by atoms with Gasteiger partial charge in [-0.2, -0.15) is 13.2 Å². The molecule has 6 rings (SSSR count). The van der Waals surface area contributed by atoms with E-state index in [1.165, 1.54) is 22.1 Å². The van der Waals surface area contributed by atoms with Gasteiger partial charge in [-0.05, 0) is 66.6 Å². The van der Waals surface area contributed by atoms with Gasteiger partial charge in [-0.3, -0.25) is 4.79 Å². The molecule has 300 valence electrons. The number of nitrogens with one attached hydrogen (secondary N) is 1. The summed E-state index contributed by atoms with van der Waals surface area (Å²) in [6.07, 6.45) is -4.41. The third kappa shape index (κ3) is 9.57. The quantitative estimate of drug-likeness (QED) is 0.193. The minimum absolute atomic E-state index is 0.0180. The van der Waals surface area contributed by atoms with E-state index in [9.17, 15) is 32.3 Å². The molecule has 1 aromatic heterocycles. The van der Waals surface area contributed by atoms with Crippen molar-refractivity contribution in [3.63, 3.8) is 0 Å². The summed E-state index contributed by atoms with van der Waals surface area (Å²) in [5.41, 5.74) is 6.00. The number of nitrogens with zero attached hydrogens (tertiary/aromatic N) is 5. The summed E-state index contributed by atoms with van der Waals surface area (Å²) in [6.45, 7) is 6.27. The number of likely N-dealkylation sites (tertiary alicyclic amines) is 1. The van der Waals surface area contributed by atoms with Crippen molar-refractivity contribution in [2.75, 3.05) is 68.4 Å². The maximum absolute atomic E-state index is 14.1. The Balaban J connectivity index is 1.11. The number of piperidine rings is 1. The van der Waals surface area contributed by atoms with E-state index >= 15 is 0 Å². The largest absolute Gasteiger partial charge is 0.462 e. The number of ether oxygens (including phenoxy) is 2. The van der Waals surface area contributed by atoms with Gasteiger partial charge in [-0.1, -0.05) is 43.6 Å². The average Bonchev–Trinajstić information content (AvgIpc) is 3.35. The Hall–Kier alpha value is -5.25. The summed E-state index contributed by atoms with van der Waals surface area (Å²) in [5, 5.41) is 2.63. The Kier molecular flexibility index (Phi) is 12.5. The fourth-order valence-electron chi connectivity index (χ4n) is 7.09. The molecule has 0 aliphatic carbocycles. The van der Waals surface area contributed by atoms with Gasteiger partial charge >= 0.3 is 24.3 Å². The summed E-state index contributed by atoms with van der Waals surface area (Å²) in [4.78, 5) is 64.2. The van der Waals surface area contributed by atoms with Crippen LogP contribution in [0.2, 0.25) is 5.02 Å². The first kappa shape index (κ1) is 40.4. The molecule has 3 aliphatic rings. The molecular weight excluding hydrogens is 755 g/mol. The number of alkyl halides is 3. The topological polar surface area (TPSA) is 151 Å². The van der Waals surface area contributed by atoms with Gasteiger partial charge in [0.2, 0.25) is 0 Å². The summed E-state index contributed by atoms with van der Waals surface area (Å²) in [6, 6.07) is 12.6. The van der Waals surface area contributed by atoms with E-state index in [1.54, 1.807) is 17.0 Å². The van der Waals surface area contributed by atoms with Crippen LogP contribution in [0.4, 0.5) is 40.0 Å². The van der Waals surface area contributed by atoms with E-state index in [2.05, 4.69) is 10.3 Å². The van der Waals surface area contributed by atoms with Gasteiger partial charge in [0.05, 0.1) is 28.4 Å². The van der Waals surface area contributed by atoms with Crippen LogP contribution in [0.1, 0.15) is 53.7 Å². The smallest absolute Gasteiger partial charge is 0.418 e. The first-order valence-corrected chi connectivity index (χ1v) is 19.0. The Morgan fingerprint density at radius 3 is 2.36 bits per heavy atom. The number of hydrogen-bond acceptors (Lipinski definition) is 9. The third-order valence-electron chi connectivity index (χ3n) is 10.2.